The van der Waals surface area contributed by atoms with E-state index >= 15 is 0 Å². The van der Waals surface area contributed by atoms with Crippen LogP contribution in [-0.4, -0.2) is 96.7 Å². The molecule has 1 aliphatic carbocycles. The Morgan fingerprint density at radius 2 is 1.76 bits per heavy atom. The number of carbonyl (C=O) groups is 1. The van der Waals surface area contributed by atoms with Crippen LogP contribution in [0.2, 0.25) is 0 Å². The van der Waals surface area contributed by atoms with Crippen molar-refractivity contribution >= 4 is 11.9 Å². The molecule has 29 heavy (non-hydrogen) atoms. The Bertz CT molecular complexity index is 555. The summed E-state index contributed by atoms with van der Waals surface area (Å²) in [5.41, 5.74) is -0.110. The number of guanidine groups is 1. The number of nitrogens with one attached hydrogen (secondary N) is 1. The molecule has 0 aromatic carbocycles. The molecule has 166 valence electrons. The van der Waals surface area contributed by atoms with E-state index in [9.17, 15) is 9.90 Å². The summed E-state index contributed by atoms with van der Waals surface area (Å²) in [6, 6.07) is 0. The van der Waals surface area contributed by atoms with Crippen molar-refractivity contribution in [3.05, 3.63) is 0 Å². The van der Waals surface area contributed by atoms with Gasteiger partial charge in [0.2, 0.25) is 5.91 Å². The lowest BCUT2D eigenvalue weighted by Gasteiger charge is -2.39. The molecule has 2 heterocycles. The Hall–Kier alpha value is -1.34. The first-order valence-corrected chi connectivity index (χ1v) is 11.7. The van der Waals surface area contributed by atoms with E-state index in [1.807, 2.05) is 4.90 Å². The van der Waals surface area contributed by atoms with Crippen molar-refractivity contribution in [2.24, 2.45) is 10.4 Å². The highest BCUT2D eigenvalue weighted by atomic mass is 16.3. The van der Waals surface area contributed by atoms with E-state index in [0.717, 1.165) is 83.9 Å². The third-order valence-corrected chi connectivity index (χ3v) is 6.94. The van der Waals surface area contributed by atoms with Gasteiger partial charge >= 0.3 is 0 Å². The van der Waals surface area contributed by atoms with E-state index in [-0.39, 0.29) is 17.4 Å². The second-order valence-corrected chi connectivity index (χ2v) is 9.29. The standard InChI is InChI=1S/C22H41N5O2/c1-3-23-21(24-18-22(2)10-6-5-9-19(22)28)27-15-13-25(14-16-27)17-20(29)26-11-7-4-8-12-26/h19,28H,3-18H2,1-2H3,(H,23,24). The lowest BCUT2D eigenvalue weighted by Crippen LogP contribution is -2.54. The van der Waals surface area contributed by atoms with Crippen LogP contribution in [0.4, 0.5) is 0 Å². The van der Waals surface area contributed by atoms with Gasteiger partial charge in [-0.05, 0) is 39.0 Å². The third-order valence-electron chi connectivity index (χ3n) is 6.94. The fraction of sp³-hybridized carbons (Fsp3) is 0.909. The fourth-order valence-electron chi connectivity index (χ4n) is 4.80. The van der Waals surface area contributed by atoms with Crippen molar-refractivity contribution in [2.45, 2.75) is 64.9 Å². The molecule has 0 bridgehead atoms. The minimum atomic E-state index is -0.250. The summed E-state index contributed by atoms with van der Waals surface area (Å²) in [4.78, 5) is 24.1. The number of rotatable bonds is 5. The van der Waals surface area contributed by atoms with Gasteiger partial charge in [-0.2, -0.15) is 0 Å². The van der Waals surface area contributed by atoms with Crippen LogP contribution in [0, 0.1) is 5.41 Å². The summed E-state index contributed by atoms with van der Waals surface area (Å²) in [5.74, 6) is 1.24. The van der Waals surface area contributed by atoms with Crippen molar-refractivity contribution in [1.29, 1.82) is 0 Å². The Morgan fingerprint density at radius 3 is 2.41 bits per heavy atom. The minimum Gasteiger partial charge on any atom is -0.392 e. The van der Waals surface area contributed by atoms with Crippen LogP contribution in [0.1, 0.15) is 58.8 Å². The van der Waals surface area contributed by atoms with Gasteiger partial charge in [0.1, 0.15) is 0 Å². The van der Waals surface area contributed by atoms with Crippen molar-refractivity contribution in [3.63, 3.8) is 0 Å². The molecule has 2 saturated heterocycles. The molecule has 0 spiro atoms. The molecule has 0 aromatic rings. The fourth-order valence-corrected chi connectivity index (χ4v) is 4.80. The van der Waals surface area contributed by atoms with Gasteiger partial charge in [-0.1, -0.05) is 19.8 Å². The van der Waals surface area contributed by atoms with Crippen LogP contribution in [-0.2, 0) is 4.79 Å². The predicted molar refractivity (Wildman–Crippen MR) is 117 cm³/mol. The van der Waals surface area contributed by atoms with Crippen LogP contribution in [0.5, 0.6) is 0 Å². The molecule has 3 fully saturated rings. The number of aliphatic hydroxyl groups is 1. The molecular formula is C22H41N5O2. The van der Waals surface area contributed by atoms with E-state index in [1.54, 1.807) is 0 Å². The maximum Gasteiger partial charge on any atom is 0.236 e. The first-order valence-electron chi connectivity index (χ1n) is 11.7. The minimum absolute atomic E-state index is 0.110. The Balaban J connectivity index is 1.50. The molecule has 2 unspecified atom stereocenters. The highest BCUT2D eigenvalue weighted by molar-refractivity contribution is 5.80. The number of piperidine rings is 1. The molecule has 7 nitrogen and oxygen atoms in total. The van der Waals surface area contributed by atoms with E-state index in [2.05, 4.69) is 29.0 Å². The van der Waals surface area contributed by atoms with Gasteiger partial charge in [0.15, 0.2) is 5.96 Å². The SMILES string of the molecule is CCNC(=NCC1(C)CCCCC1O)N1CCN(CC(=O)N2CCCCC2)CC1. The number of aliphatic hydroxyl groups excluding tert-OH is 1. The smallest absolute Gasteiger partial charge is 0.236 e. The average Bonchev–Trinajstić information content (AvgIpc) is 2.75. The summed E-state index contributed by atoms with van der Waals surface area (Å²) in [6.07, 6.45) is 7.55. The second-order valence-electron chi connectivity index (χ2n) is 9.29. The molecule has 0 aromatic heterocycles. The number of likely N-dealkylation sites (tertiary alicyclic amines) is 1. The molecule has 1 saturated carbocycles. The monoisotopic (exact) mass is 407 g/mol. The molecule has 2 aliphatic heterocycles. The molecule has 2 N–H and O–H groups in total. The Morgan fingerprint density at radius 1 is 1.03 bits per heavy atom. The third kappa shape index (κ3) is 6.07. The van der Waals surface area contributed by atoms with Crippen molar-refractivity contribution < 1.29 is 9.90 Å². The van der Waals surface area contributed by atoms with Crippen LogP contribution >= 0.6 is 0 Å². The number of carbonyl (C=O) groups excluding carboxylic acids is 1. The second kappa shape index (κ2) is 10.6. The number of aliphatic imine (C=N–C) groups is 1. The zero-order valence-electron chi connectivity index (χ0n) is 18.5. The molecule has 0 radical (unpaired) electrons. The van der Waals surface area contributed by atoms with Crippen LogP contribution in [0.15, 0.2) is 4.99 Å². The molecule has 3 aliphatic rings. The number of amides is 1. The molecule has 2 atom stereocenters. The number of piperazine rings is 1. The van der Waals surface area contributed by atoms with Crippen LogP contribution in [0.3, 0.4) is 0 Å². The average molecular weight is 408 g/mol. The first kappa shape index (κ1) is 22.3. The zero-order chi connectivity index (χ0) is 20.7. The van der Waals surface area contributed by atoms with Gasteiger partial charge in [0.05, 0.1) is 19.2 Å². The maximum atomic E-state index is 12.5. The summed E-state index contributed by atoms with van der Waals surface area (Å²) >= 11 is 0. The summed E-state index contributed by atoms with van der Waals surface area (Å²) in [5, 5.41) is 13.9. The number of nitrogens with zero attached hydrogens (tertiary/aromatic N) is 4. The zero-order valence-corrected chi connectivity index (χ0v) is 18.5. The Labute approximate surface area is 176 Å². The largest absolute Gasteiger partial charge is 0.392 e. The van der Waals surface area contributed by atoms with E-state index in [0.29, 0.717) is 13.1 Å². The highest BCUT2D eigenvalue weighted by Crippen LogP contribution is 2.36. The number of hydrogen-bond acceptors (Lipinski definition) is 4. The van der Waals surface area contributed by atoms with Crippen LogP contribution < -0.4 is 5.32 Å². The van der Waals surface area contributed by atoms with E-state index in [4.69, 9.17) is 4.99 Å². The first-order chi connectivity index (χ1) is 14.0. The van der Waals surface area contributed by atoms with Gasteiger partial charge in [0.25, 0.3) is 0 Å². The lowest BCUT2D eigenvalue weighted by atomic mass is 9.73. The van der Waals surface area contributed by atoms with Crippen molar-refractivity contribution in [1.82, 2.24) is 20.0 Å². The summed E-state index contributed by atoms with van der Waals surface area (Å²) < 4.78 is 0. The van der Waals surface area contributed by atoms with Crippen molar-refractivity contribution in [3.8, 4) is 0 Å². The quantitative estimate of drug-likeness (QED) is 0.534. The Kier molecular flexibility index (Phi) is 8.18. The van der Waals surface area contributed by atoms with Gasteiger partial charge in [-0.3, -0.25) is 14.7 Å². The predicted octanol–water partition coefficient (Wildman–Crippen LogP) is 1.52. The molecule has 1 amide bonds. The van der Waals surface area contributed by atoms with Crippen molar-refractivity contribution in [2.75, 3.05) is 58.9 Å². The normalized spacial score (nSPS) is 29.8. The molecule has 3 rings (SSSR count). The molecular weight excluding hydrogens is 366 g/mol. The summed E-state index contributed by atoms with van der Waals surface area (Å²) in [7, 11) is 0. The topological polar surface area (TPSA) is 71.4 Å². The summed E-state index contributed by atoms with van der Waals surface area (Å²) in [6.45, 7) is 11.8. The highest BCUT2D eigenvalue weighted by Gasteiger charge is 2.35. The van der Waals surface area contributed by atoms with E-state index in [1.165, 1.54) is 12.8 Å². The van der Waals surface area contributed by atoms with Gasteiger partial charge in [0, 0.05) is 51.2 Å². The molecule has 7 heteroatoms. The van der Waals surface area contributed by atoms with Crippen LogP contribution in [0.25, 0.3) is 0 Å². The van der Waals surface area contributed by atoms with Gasteiger partial charge in [-0.25, -0.2) is 0 Å². The number of hydrogen-bond donors (Lipinski definition) is 2. The van der Waals surface area contributed by atoms with Gasteiger partial charge in [-0.15, -0.1) is 0 Å². The van der Waals surface area contributed by atoms with E-state index < -0.39 is 0 Å². The lowest BCUT2D eigenvalue weighted by molar-refractivity contribution is -0.133. The maximum absolute atomic E-state index is 12.5. The van der Waals surface area contributed by atoms with Gasteiger partial charge < -0.3 is 20.2 Å².